The van der Waals surface area contributed by atoms with Crippen LogP contribution in [0, 0.1) is 0 Å². The van der Waals surface area contributed by atoms with E-state index in [9.17, 15) is 4.79 Å². The Labute approximate surface area is 167 Å². The van der Waals surface area contributed by atoms with E-state index >= 15 is 0 Å². The van der Waals surface area contributed by atoms with Crippen LogP contribution in [0.3, 0.4) is 0 Å². The van der Waals surface area contributed by atoms with Crippen molar-refractivity contribution in [2.75, 3.05) is 0 Å². The van der Waals surface area contributed by atoms with Crippen LogP contribution in [0.1, 0.15) is 34.1 Å². The van der Waals surface area contributed by atoms with Gasteiger partial charge in [-0.15, -0.1) is 0 Å². The Bertz CT molecular complexity index is 1250. The summed E-state index contributed by atoms with van der Waals surface area (Å²) in [6.45, 7) is 1.83. The van der Waals surface area contributed by atoms with E-state index < -0.39 is 0 Å². The molecule has 0 fully saturated rings. The van der Waals surface area contributed by atoms with E-state index in [2.05, 4.69) is 56.0 Å². The van der Waals surface area contributed by atoms with Gasteiger partial charge in [0.25, 0.3) is 5.91 Å². The van der Waals surface area contributed by atoms with E-state index in [0.29, 0.717) is 11.4 Å². The fourth-order valence-electron chi connectivity index (χ4n) is 3.90. The molecule has 0 radical (unpaired) electrons. The number of aryl methyl sites for hydroxylation is 2. The molecule has 0 unspecified atom stereocenters. The fraction of sp³-hybridized carbons (Fsp3) is 0.130. The number of carbonyl (C=O) groups excluding carboxylic acids is 1. The number of aromatic nitrogens is 3. The van der Waals surface area contributed by atoms with Crippen LogP contribution in [0.5, 0.6) is 0 Å². The lowest BCUT2D eigenvalue weighted by Crippen LogP contribution is -2.19. The van der Waals surface area contributed by atoms with Gasteiger partial charge in [-0.25, -0.2) is 5.43 Å². The number of aromatic amines is 1. The lowest BCUT2D eigenvalue weighted by molar-refractivity contribution is 0.0950. The highest BCUT2D eigenvalue weighted by molar-refractivity contribution is 6.02. The average molecular weight is 381 g/mol. The third kappa shape index (κ3) is 3.08. The van der Waals surface area contributed by atoms with Crippen molar-refractivity contribution in [1.82, 2.24) is 20.6 Å². The second-order valence-corrected chi connectivity index (χ2v) is 7.15. The number of carbonyl (C=O) groups is 1. The summed E-state index contributed by atoms with van der Waals surface area (Å²) in [6.07, 6.45) is 5.54. The van der Waals surface area contributed by atoms with Gasteiger partial charge in [0.1, 0.15) is 5.69 Å². The average Bonchev–Trinajstić information content (AvgIpc) is 3.42. The van der Waals surface area contributed by atoms with Gasteiger partial charge in [-0.3, -0.25) is 14.9 Å². The summed E-state index contributed by atoms with van der Waals surface area (Å²) in [5.74, 6) is -0.330. The molecule has 2 aromatic heterocycles. The zero-order chi connectivity index (χ0) is 19.8. The van der Waals surface area contributed by atoms with Crippen LogP contribution >= 0.6 is 0 Å². The fourth-order valence-corrected chi connectivity index (χ4v) is 3.90. The Morgan fingerprint density at radius 1 is 1.07 bits per heavy atom. The van der Waals surface area contributed by atoms with Gasteiger partial charge in [0, 0.05) is 23.5 Å². The maximum atomic E-state index is 12.5. The van der Waals surface area contributed by atoms with E-state index in [1.807, 2.05) is 19.1 Å². The summed E-state index contributed by atoms with van der Waals surface area (Å²) < 4.78 is 0. The molecule has 0 aliphatic heterocycles. The first-order chi connectivity index (χ1) is 14.2. The molecule has 0 saturated carbocycles. The van der Waals surface area contributed by atoms with Crippen molar-refractivity contribution in [3.05, 3.63) is 83.3 Å². The lowest BCUT2D eigenvalue weighted by Gasteiger charge is -2.06. The normalized spacial score (nSPS) is 13.1. The number of hydrogen-bond acceptors (Lipinski definition) is 4. The second-order valence-electron chi connectivity index (χ2n) is 7.15. The predicted octanol–water partition coefficient (Wildman–Crippen LogP) is 3.88. The third-order valence-corrected chi connectivity index (χ3v) is 5.40. The second kappa shape index (κ2) is 6.98. The molecule has 1 amide bonds. The molecular formula is C23H19N5O. The number of pyridine rings is 1. The van der Waals surface area contributed by atoms with E-state index in [4.69, 9.17) is 0 Å². The monoisotopic (exact) mass is 381 g/mol. The van der Waals surface area contributed by atoms with Crippen molar-refractivity contribution >= 4 is 22.4 Å². The molecule has 2 heterocycles. The molecule has 1 aliphatic rings. The van der Waals surface area contributed by atoms with Crippen LogP contribution in [-0.4, -0.2) is 26.8 Å². The summed E-state index contributed by atoms with van der Waals surface area (Å²) in [7, 11) is 0. The number of amides is 1. The summed E-state index contributed by atoms with van der Waals surface area (Å²) in [6, 6.07) is 16.1. The molecule has 29 heavy (non-hydrogen) atoms. The van der Waals surface area contributed by atoms with Crippen LogP contribution < -0.4 is 5.43 Å². The van der Waals surface area contributed by atoms with E-state index in [1.54, 1.807) is 18.5 Å². The number of nitrogens with one attached hydrogen (secondary N) is 2. The standard InChI is InChI=1S/C23H19N5O/c1-14(15-9-11-24-12-10-15)25-28-23(29)21-13-20(26-27-21)18-8-7-17-6-5-16-3-2-4-19(18)22(16)17/h2-4,7-13H,5-6H2,1H3,(H,26,27)(H,28,29)/b25-14+. The molecule has 4 aromatic rings. The van der Waals surface area contributed by atoms with Gasteiger partial charge in [0.05, 0.1) is 11.4 Å². The number of hydrazone groups is 1. The molecule has 0 bridgehead atoms. The minimum absolute atomic E-state index is 0.330. The highest BCUT2D eigenvalue weighted by atomic mass is 16.2. The molecule has 6 heteroatoms. The summed E-state index contributed by atoms with van der Waals surface area (Å²) in [4.78, 5) is 16.5. The Kier molecular flexibility index (Phi) is 4.17. The van der Waals surface area contributed by atoms with E-state index in [0.717, 1.165) is 29.7 Å². The van der Waals surface area contributed by atoms with Crippen LogP contribution in [0.15, 0.2) is 66.0 Å². The van der Waals surface area contributed by atoms with Gasteiger partial charge < -0.3 is 0 Å². The Morgan fingerprint density at radius 3 is 2.69 bits per heavy atom. The van der Waals surface area contributed by atoms with Crippen molar-refractivity contribution in [2.45, 2.75) is 19.8 Å². The zero-order valence-electron chi connectivity index (χ0n) is 15.9. The van der Waals surface area contributed by atoms with Gasteiger partial charge in [-0.05, 0) is 59.9 Å². The molecule has 142 valence electrons. The van der Waals surface area contributed by atoms with E-state index in [1.165, 1.54) is 21.9 Å². The quantitative estimate of drug-likeness (QED) is 0.416. The first kappa shape index (κ1) is 17.3. The van der Waals surface area contributed by atoms with Gasteiger partial charge >= 0.3 is 0 Å². The number of hydrogen-bond donors (Lipinski definition) is 2. The van der Waals surface area contributed by atoms with Crippen LogP contribution in [0.4, 0.5) is 0 Å². The number of rotatable bonds is 4. The lowest BCUT2D eigenvalue weighted by atomic mass is 9.98. The maximum absolute atomic E-state index is 12.5. The van der Waals surface area contributed by atoms with Gasteiger partial charge in [-0.1, -0.05) is 30.3 Å². The number of H-pyrrole nitrogens is 1. The van der Waals surface area contributed by atoms with Crippen molar-refractivity contribution in [1.29, 1.82) is 0 Å². The molecule has 2 N–H and O–H groups in total. The first-order valence-electron chi connectivity index (χ1n) is 9.55. The van der Waals surface area contributed by atoms with Crippen molar-refractivity contribution in [2.24, 2.45) is 5.10 Å². The van der Waals surface area contributed by atoms with E-state index in [-0.39, 0.29) is 5.91 Å². The summed E-state index contributed by atoms with van der Waals surface area (Å²) in [5, 5.41) is 13.9. The number of nitrogens with zero attached hydrogens (tertiary/aromatic N) is 3. The predicted molar refractivity (Wildman–Crippen MR) is 113 cm³/mol. The molecule has 0 atom stereocenters. The Hall–Kier alpha value is -3.80. The van der Waals surface area contributed by atoms with Gasteiger partial charge in [-0.2, -0.15) is 10.2 Å². The largest absolute Gasteiger partial charge is 0.289 e. The summed E-state index contributed by atoms with van der Waals surface area (Å²) >= 11 is 0. The molecule has 2 aromatic carbocycles. The minimum Gasteiger partial charge on any atom is -0.272 e. The minimum atomic E-state index is -0.330. The third-order valence-electron chi connectivity index (χ3n) is 5.40. The molecule has 6 nitrogen and oxygen atoms in total. The SMILES string of the molecule is C/C(=N\NC(=O)c1cc(-c2ccc3c4c(cccc24)CC3)n[nH]1)c1ccncc1. The summed E-state index contributed by atoms with van der Waals surface area (Å²) in [5.41, 5.74) is 9.10. The highest BCUT2D eigenvalue weighted by Gasteiger charge is 2.18. The van der Waals surface area contributed by atoms with Gasteiger partial charge in [0.15, 0.2) is 0 Å². The van der Waals surface area contributed by atoms with Crippen molar-refractivity contribution in [3.8, 4) is 11.3 Å². The number of benzene rings is 2. The van der Waals surface area contributed by atoms with Crippen LogP contribution in [0.25, 0.3) is 22.0 Å². The maximum Gasteiger partial charge on any atom is 0.289 e. The zero-order valence-corrected chi connectivity index (χ0v) is 15.9. The molecule has 0 spiro atoms. The molecule has 1 aliphatic carbocycles. The molecule has 0 saturated heterocycles. The first-order valence-corrected chi connectivity index (χ1v) is 9.55. The van der Waals surface area contributed by atoms with Crippen molar-refractivity contribution < 1.29 is 4.79 Å². The highest BCUT2D eigenvalue weighted by Crippen LogP contribution is 2.36. The Morgan fingerprint density at radius 2 is 1.86 bits per heavy atom. The molecular weight excluding hydrogens is 362 g/mol. The van der Waals surface area contributed by atoms with Crippen molar-refractivity contribution in [3.63, 3.8) is 0 Å². The smallest absolute Gasteiger partial charge is 0.272 e. The van der Waals surface area contributed by atoms with Crippen LogP contribution in [-0.2, 0) is 12.8 Å². The topological polar surface area (TPSA) is 83.0 Å². The van der Waals surface area contributed by atoms with Gasteiger partial charge in [0.2, 0.25) is 0 Å². The molecule has 5 rings (SSSR count). The Balaban J connectivity index is 1.42. The van der Waals surface area contributed by atoms with Crippen LogP contribution in [0.2, 0.25) is 0 Å².